The topological polar surface area (TPSA) is 112 Å². The van der Waals surface area contributed by atoms with E-state index in [1.165, 1.54) is 0 Å². The van der Waals surface area contributed by atoms with Crippen molar-refractivity contribution in [2.24, 2.45) is 0 Å². The first-order valence-corrected chi connectivity index (χ1v) is 7.82. The van der Waals surface area contributed by atoms with Crippen LogP contribution in [-0.4, -0.2) is 40.6 Å². The first-order chi connectivity index (χ1) is 11.6. The summed E-state index contributed by atoms with van der Waals surface area (Å²) in [5.74, 6) is 2.53. The van der Waals surface area contributed by atoms with Gasteiger partial charge in [0.25, 0.3) is 0 Å². The van der Waals surface area contributed by atoms with Crippen molar-refractivity contribution in [2.45, 2.75) is 25.4 Å². The van der Waals surface area contributed by atoms with Crippen LogP contribution >= 0.6 is 0 Å². The van der Waals surface area contributed by atoms with Crippen molar-refractivity contribution in [2.75, 3.05) is 32.2 Å². The fourth-order valence-electron chi connectivity index (χ4n) is 3.18. The number of anilines is 2. The van der Waals surface area contributed by atoms with Crippen molar-refractivity contribution in [3.05, 3.63) is 29.6 Å². The van der Waals surface area contributed by atoms with Gasteiger partial charge in [0, 0.05) is 11.6 Å². The zero-order valence-corrected chi connectivity index (χ0v) is 13.9. The van der Waals surface area contributed by atoms with E-state index in [0.717, 1.165) is 36.4 Å². The zero-order chi connectivity index (χ0) is 17.1. The van der Waals surface area contributed by atoms with E-state index in [1.807, 2.05) is 18.2 Å². The van der Waals surface area contributed by atoms with Crippen molar-refractivity contribution in [3.63, 3.8) is 0 Å². The second-order valence-corrected chi connectivity index (χ2v) is 5.70. The van der Waals surface area contributed by atoms with Gasteiger partial charge in [-0.3, -0.25) is 4.90 Å². The van der Waals surface area contributed by atoms with Crippen LogP contribution in [0.3, 0.4) is 0 Å². The Balaban J connectivity index is 1.88. The van der Waals surface area contributed by atoms with Gasteiger partial charge in [-0.2, -0.15) is 15.0 Å². The summed E-state index contributed by atoms with van der Waals surface area (Å²) in [5, 5.41) is 0. The van der Waals surface area contributed by atoms with E-state index in [-0.39, 0.29) is 17.9 Å². The lowest BCUT2D eigenvalue weighted by Gasteiger charge is -2.25. The molecule has 0 spiro atoms. The van der Waals surface area contributed by atoms with Crippen LogP contribution in [0, 0.1) is 0 Å². The number of aromatic nitrogens is 3. The molecule has 0 amide bonds. The van der Waals surface area contributed by atoms with Crippen molar-refractivity contribution in [3.8, 4) is 11.5 Å². The monoisotopic (exact) mass is 330 g/mol. The maximum absolute atomic E-state index is 5.67. The molecule has 0 bridgehead atoms. The number of benzene rings is 1. The van der Waals surface area contributed by atoms with Crippen molar-refractivity contribution >= 4 is 11.9 Å². The molecule has 1 aromatic carbocycles. The molecule has 2 heterocycles. The Morgan fingerprint density at radius 1 is 1.12 bits per heavy atom. The predicted molar refractivity (Wildman–Crippen MR) is 90.6 cm³/mol. The highest BCUT2D eigenvalue weighted by atomic mass is 16.5. The molecule has 0 saturated carbocycles. The lowest BCUT2D eigenvalue weighted by atomic mass is 10.0. The quantitative estimate of drug-likeness (QED) is 0.845. The number of nitrogens with zero attached hydrogens (tertiary/aromatic N) is 4. The Morgan fingerprint density at radius 2 is 1.88 bits per heavy atom. The summed E-state index contributed by atoms with van der Waals surface area (Å²) in [6.07, 6.45) is 2.11. The summed E-state index contributed by atoms with van der Waals surface area (Å²) in [4.78, 5) is 14.5. The average molecular weight is 330 g/mol. The van der Waals surface area contributed by atoms with E-state index in [1.54, 1.807) is 14.2 Å². The minimum Gasteiger partial charge on any atom is -0.497 e. The number of nitrogens with two attached hydrogens (primary N) is 2. The van der Waals surface area contributed by atoms with Gasteiger partial charge in [-0.05, 0) is 37.6 Å². The van der Waals surface area contributed by atoms with Gasteiger partial charge < -0.3 is 20.9 Å². The summed E-state index contributed by atoms with van der Waals surface area (Å²) >= 11 is 0. The maximum Gasteiger partial charge on any atom is 0.225 e. The smallest absolute Gasteiger partial charge is 0.225 e. The Hall–Kier alpha value is -2.61. The number of likely N-dealkylation sites (tertiary alicyclic amines) is 1. The minimum atomic E-state index is 0.146. The number of nitrogen functional groups attached to an aromatic ring is 2. The standard InChI is InChI=1S/C16H22N6O2/c1-23-10-5-6-13(24-2)11(8-10)12-4-3-7-22(12)9-14-19-15(17)21-16(18)20-14/h5-6,8,12H,3-4,7,9H2,1-2H3,(H4,17,18,19,20,21)/t12-/m0/s1. The number of ether oxygens (including phenoxy) is 2. The average Bonchev–Trinajstić information content (AvgIpc) is 3.01. The van der Waals surface area contributed by atoms with Crippen LogP contribution < -0.4 is 20.9 Å². The summed E-state index contributed by atoms with van der Waals surface area (Å²) in [5.41, 5.74) is 12.4. The molecule has 0 unspecified atom stereocenters. The Morgan fingerprint density at radius 3 is 2.54 bits per heavy atom. The third-order valence-electron chi connectivity index (χ3n) is 4.22. The summed E-state index contributed by atoms with van der Waals surface area (Å²) in [6, 6.07) is 6.06. The third-order valence-corrected chi connectivity index (χ3v) is 4.22. The lowest BCUT2D eigenvalue weighted by molar-refractivity contribution is 0.236. The minimum absolute atomic E-state index is 0.146. The first kappa shape index (κ1) is 16.3. The second-order valence-electron chi connectivity index (χ2n) is 5.70. The van der Waals surface area contributed by atoms with Gasteiger partial charge in [0.1, 0.15) is 17.3 Å². The second kappa shape index (κ2) is 6.88. The fourth-order valence-corrected chi connectivity index (χ4v) is 3.18. The molecule has 3 rings (SSSR count). The maximum atomic E-state index is 5.67. The molecule has 0 aliphatic carbocycles. The molecule has 1 aromatic heterocycles. The highest BCUT2D eigenvalue weighted by Gasteiger charge is 2.29. The van der Waals surface area contributed by atoms with Crippen molar-refractivity contribution < 1.29 is 9.47 Å². The first-order valence-electron chi connectivity index (χ1n) is 7.82. The largest absolute Gasteiger partial charge is 0.497 e. The molecule has 8 nitrogen and oxygen atoms in total. The lowest BCUT2D eigenvalue weighted by Crippen LogP contribution is -2.25. The molecular weight excluding hydrogens is 308 g/mol. The molecule has 0 radical (unpaired) electrons. The van der Waals surface area contributed by atoms with Gasteiger partial charge in [-0.15, -0.1) is 0 Å². The Labute approximate surface area is 140 Å². The van der Waals surface area contributed by atoms with Gasteiger partial charge >= 0.3 is 0 Å². The van der Waals surface area contributed by atoms with Gasteiger partial charge in [0.2, 0.25) is 11.9 Å². The van der Waals surface area contributed by atoms with Crippen LogP contribution in [0.15, 0.2) is 18.2 Å². The van der Waals surface area contributed by atoms with Crippen molar-refractivity contribution in [1.29, 1.82) is 0 Å². The molecule has 8 heteroatoms. The molecule has 2 aromatic rings. The molecular formula is C16H22N6O2. The van der Waals surface area contributed by atoms with Crippen LogP contribution in [0.2, 0.25) is 0 Å². The van der Waals surface area contributed by atoms with Gasteiger partial charge in [0.05, 0.1) is 20.8 Å². The van der Waals surface area contributed by atoms with Crippen LogP contribution in [0.1, 0.15) is 30.3 Å². The molecule has 1 aliphatic heterocycles. The molecule has 1 aliphatic rings. The number of hydrogen-bond donors (Lipinski definition) is 2. The molecule has 1 atom stereocenters. The number of rotatable bonds is 5. The third kappa shape index (κ3) is 3.33. The van der Waals surface area contributed by atoms with E-state index < -0.39 is 0 Å². The summed E-state index contributed by atoms with van der Waals surface area (Å²) < 4.78 is 10.9. The molecule has 128 valence electrons. The van der Waals surface area contributed by atoms with Gasteiger partial charge in [0.15, 0.2) is 0 Å². The van der Waals surface area contributed by atoms with E-state index in [9.17, 15) is 0 Å². The molecule has 24 heavy (non-hydrogen) atoms. The highest BCUT2D eigenvalue weighted by molar-refractivity contribution is 5.42. The Kier molecular flexibility index (Phi) is 4.66. The predicted octanol–water partition coefficient (Wildman–Crippen LogP) is 1.39. The number of hydrogen-bond acceptors (Lipinski definition) is 8. The van der Waals surface area contributed by atoms with Gasteiger partial charge in [-0.1, -0.05) is 0 Å². The van der Waals surface area contributed by atoms with Crippen LogP contribution in [-0.2, 0) is 6.54 Å². The normalized spacial score (nSPS) is 17.8. The number of methoxy groups -OCH3 is 2. The van der Waals surface area contributed by atoms with E-state index >= 15 is 0 Å². The summed E-state index contributed by atoms with van der Waals surface area (Å²) in [6.45, 7) is 1.50. The van der Waals surface area contributed by atoms with Crippen LogP contribution in [0.5, 0.6) is 11.5 Å². The molecule has 1 fully saturated rings. The molecule has 1 saturated heterocycles. The molecule has 4 N–H and O–H groups in total. The van der Waals surface area contributed by atoms with E-state index in [0.29, 0.717) is 12.4 Å². The van der Waals surface area contributed by atoms with Gasteiger partial charge in [-0.25, -0.2) is 0 Å². The van der Waals surface area contributed by atoms with Crippen LogP contribution in [0.4, 0.5) is 11.9 Å². The van der Waals surface area contributed by atoms with Crippen molar-refractivity contribution in [1.82, 2.24) is 19.9 Å². The zero-order valence-electron chi connectivity index (χ0n) is 13.9. The highest BCUT2D eigenvalue weighted by Crippen LogP contribution is 2.39. The summed E-state index contributed by atoms with van der Waals surface area (Å²) in [7, 11) is 3.34. The van der Waals surface area contributed by atoms with Crippen LogP contribution in [0.25, 0.3) is 0 Å². The van der Waals surface area contributed by atoms with E-state index in [4.69, 9.17) is 20.9 Å². The van der Waals surface area contributed by atoms with E-state index in [2.05, 4.69) is 19.9 Å². The Bertz CT molecular complexity index is 703. The fraction of sp³-hybridized carbons (Fsp3) is 0.438. The SMILES string of the molecule is COc1ccc(OC)c([C@@H]2CCCN2Cc2nc(N)nc(N)n2)c1.